The van der Waals surface area contributed by atoms with Crippen molar-refractivity contribution in [1.82, 2.24) is 4.98 Å². The Labute approximate surface area is 500 Å². The van der Waals surface area contributed by atoms with E-state index in [9.17, 15) is 24.3 Å². The van der Waals surface area contributed by atoms with Gasteiger partial charge in [-0.1, -0.05) is 354 Å². The molecule has 1 aromatic heterocycles. The van der Waals surface area contributed by atoms with E-state index in [0.29, 0.717) is 19.3 Å². The Bertz CT molecular complexity index is 1540. The van der Waals surface area contributed by atoms with Crippen molar-refractivity contribution in [3.8, 4) is 0 Å². The van der Waals surface area contributed by atoms with E-state index >= 15 is 0 Å². The number of hydrogen-bond donors (Lipinski definition) is 1. The smallest absolute Gasteiger partial charge is 0.340 e. The minimum atomic E-state index is -2.85. The summed E-state index contributed by atoms with van der Waals surface area (Å²) >= 11 is 0. The van der Waals surface area contributed by atoms with Crippen LogP contribution in [0.25, 0.3) is 0 Å². The molecule has 0 fully saturated rings. The molecular weight excluding hydrogens is 1010 g/mol. The Morgan fingerprint density at radius 1 is 0.370 bits per heavy atom. The van der Waals surface area contributed by atoms with E-state index in [4.69, 9.17) is 14.2 Å². The molecule has 9 nitrogen and oxygen atoms in total. The fourth-order valence-corrected chi connectivity index (χ4v) is 11.5. The summed E-state index contributed by atoms with van der Waals surface area (Å²) < 4.78 is 17.0. The van der Waals surface area contributed by atoms with Gasteiger partial charge in [-0.15, -0.1) is 0 Å². The lowest BCUT2D eigenvalue weighted by Gasteiger charge is -2.31. The highest BCUT2D eigenvalue weighted by Crippen LogP contribution is 2.30. The van der Waals surface area contributed by atoms with Gasteiger partial charge in [-0.25, -0.2) is 4.79 Å². The van der Waals surface area contributed by atoms with Crippen LogP contribution >= 0.6 is 0 Å². The first-order valence-corrected chi connectivity index (χ1v) is 35.5. The van der Waals surface area contributed by atoms with Crippen LogP contribution < -0.4 is 0 Å². The van der Waals surface area contributed by atoms with Crippen molar-refractivity contribution in [1.29, 1.82) is 0 Å². The number of unbranched alkanes of at least 4 members (excludes halogenated alkanes) is 51. The fourth-order valence-electron chi connectivity index (χ4n) is 11.5. The van der Waals surface area contributed by atoms with E-state index in [1.165, 1.54) is 282 Å². The number of ether oxygens (including phenoxy) is 3. The lowest BCUT2D eigenvalue weighted by Crippen LogP contribution is -2.55. The molecule has 0 aliphatic carbocycles. The molecule has 0 radical (unpaired) electrons. The van der Waals surface area contributed by atoms with Crippen LogP contribution in [0.2, 0.25) is 0 Å². The van der Waals surface area contributed by atoms with Crippen LogP contribution in [-0.4, -0.2) is 59.2 Å². The molecule has 472 valence electrons. The number of Topliss-reactive ketones (excluding diaryl/α,β-unsaturated/α-hetero) is 1. The molecule has 1 N–H and O–H groups in total. The van der Waals surface area contributed by atoms with Crippen molar-refractivity contribution in [2.45, 2.75) is 380 Å². The number of ketones is 1. The molecule has 0 amide bonds. The second-order valence-electron chi connectivity index (χ2n) is 24.7. The molecular formula is C72H131NO8. The van der Waals surface area contributed by atoms with E-state index < -0.39 is 41.6 Å². The number of aromatic nitrogens is 1. The minimum absolute atomic E-state index is 0.00685. The zero-order chi connectivity index (χ0) is 58.6. The maximum atomic E-state index is 14.2. The van der Waals surface area contributed by atoms with Gasteiger partial charge in [-0.05, 0) is 31.4 Å². The number of pyridine rings is 1. The van der Waals surface area contributed by atoms with Crippen molar-refractivity contribution in [3.05, 3.63) is 30.1 Å². The number of rotatable bonds is 64. The molecule has 2 atom stereocenters. The second-order valence-corrected chi connectivity index (χ2v) is 24.7. The maximum absolute atomic E-state index is 14.2. The molecule has 81 heavy (non-hydrogen) atoms. The molecule has 0 spiro atoms. The van der Waals surface area contributed by atoms with E-state index in [1.807, 2.05) is 0 Å². The largest absolute Gasteiger partial charge is 0.466 e. The Balaban J connectivity index is 2.66. The van der Waals surface area contributed by atoms with Gasteiger partial charge in [0.15, 0.2) is 17.3 Å². The molecule has 9 heteroatoms. The first-order valence-electron chi connectivity index (χ1n) is 35.5. The molecule has 0 saturated heterocycles. The summed E-state index contributed by atoms with van der Waals surface area (Å²) in [6.45, 7) is 6.95. The van der Waals surface area contributed by atoms with E-state index in [2.05, 4.69) is 25.8 Å². The van der Waals surface area contributed by atoms with Crippen molar-refractivity contribution in [2.75, 3.05) is 19.8 Å². The molecule has 1 rings (SSSR count). The Morgan fingerprint density at radius 3 is 0.901 bits per heavy atom. The first kappa shape index (κ1) is 76.2. The predicted octanol–water partition coefficient (Wildman–Crippen LogP) is 21.8. The average Bonchev–Trinajstić information content (AvgIpc) is 3.60. The lowest BCUT2D eigenvalue weighted by molar-refractivity contribution is -0.183. The predicted molar refractivity (Wildman–Crippen MR) is 341 cm³/mol. The van der Waals surface area contributed by atoms with E-state index in [-0.39, 0.29) is 25.5 Å². The molecule has 0 bridgehead atoms. The van der Waals surface area contributed by atoms with Gasteiger partial charge in [0.05, 0.1) is 26.2 Å². The second kappa shape index (κ2) is 58.9. The number of hydrogen-bond acceptors (Lipinski definition) is 9. The van der Waals surface area contributed by atoms with Gasteiger partial charge < -0.3 is 19.3 Å². The quantitative estimate of drug-likeness (QED) is 0.0223. The van der Waals surface area contributed by atoms with Gasteiger partial charge in [-0.2, -0.15) is 0 Å². The zero-order valence-corrected chi connectivity index (χ0v) is 53.7. The molecule has 1 heterocycles. The molecule has 0 aliphatic rings. The third-order valence-corrected chi connectivity index (χ3v) is 16.9. The first-order chi connectivity index (χ1) is 39.8. The fraction of sp³-hybridized carbons (Fsp3) is 0.875. The van der Waals surface area contributed by atoms with Crippen molar-refractivity contribution < 1.29 is 38.5 Å². The monoisotopic (exact) mass is 1140 g/mol. The van der Waals surface area contributed by atoms with E-state index in [0.717, 1.165) is 57.8 Å². The van der Waals surface area contributed by atoms with Crippen molar-refractivity contribution >= 4 is 23.7 Å². The molecule has 2 unspecified atom stereocenters. The Morgan fingerprint density at radius 2 is 0.630 bits per heavy atom. The summed E-state index contributed by atoms with van der Waals surface area (Å²) in [7, 11) is 0. The van der Waals surface area contributed by atoms with Crippen LogP contribution in [0.3, 0.4) is 0 Å². The minimum Gasteiger partial charge on any atom is -0.466 e. The van der Waals surface area contributed by atoms with Crippen molar-refractivity contribution in [3.63, 3.8) is 0 Å². The summed E-state index contributed by atoms with van der Waals surface area (Å²) in [5, 5.41) is 12.4. The van der Waals surface area contributed by atoms with Crippen LogP contribution in [0.4, 0.5) is 0 Å². The van der Waals surface area contributed by atoms with Crippen molar-refractivity contribution in [2.24, 2.45) is 5.92 Å². The molecule has 0 aliphatic heterocycles. The van der Waals surface area contributed by atoms with Gasteiger partial charge in [0.2, 0.25) is 0 Å². The normalized spacial score (nSPS) is 12.6. The van der Waals surface area contributed by atoms with Crippen LogP contribution in [-0.2, 0) is 28.6 Å². The summed E-state index contributed by atoms with van der Waals surface area (Å²) in [6.07, 6.45) is 67.4. The lowest BCUT2D eigenvalue weighted by atomic mass is 9.80. The van der Waals surface area contributed by atoms with Gasteiger partial charge >= 0.3 is 17.9 Å². The highest BCUT2D eigenvalue weighted by molar-refractivity contribution is 6.12. The molecule has 1 aromatic rings. The van der Waals surface area contributed by atoms with Crippen LogP contribution in [0.15, 0.2) is 24.4 Å². The Kier molecular flexibility index (Phi) is 55.5. The molecule has 0 aromatic carbocycles. The zero-order valence-electron chi connectivity index (χ0n) is 53.7. The third kappa shape index (κ3) is 46.2. The Hall–Kier alpha value is -2.81. The third-order valence-electron chi connectivity index (χ3n) is 16.9. The van der Waals surface area contributed by atoms with Gasteiger partial charge in [-0.3, -0.25) is 19.4 Å². The standard InChI is InChI=1S/C72H131NO8/c1-4-7-10-13-16-19-22-25-28-31-34-37-40-43-46-49-52-57-62-79-67(74)65-72(78,71(77)81-64-59-54-51-48-45-42-39-36-33-30-27-24-21-18-15-12-9-6-3)68(69(75)66-60-55-56-61-73-66)70(76)80-63-58-53-50-47-44-41-38-35-32-29-26-23-20-17-14-11-8-5-2/h55-56,60-61,68,78H,4-54,57-59,62-65H2,1-3H3. The SMILES string of the molecule is CCCCCCCCCCCCCCCCCCCCOC(=O)CC(O)(C(=O)OCCCCCCCCCCCCCCCCCCCC)C(C(=O)OCCCCCCCCCCCCCCCCCCCC)C(=O)c1ccccn1. The van der Waals surface area contributed by atoms with Gasteiger partial charge in [0.25, 0.3) is 0 Å². The summed E-state index contributed by atoms with van der Waals surface area (Å²) in [4.78, 5) is 60.1. The highest BCUT2D eigenvalue weighted by atomic mass is 16.6. The topological polar surface area (TPSA) is 129 Å². The van der Waals surface area contributed by atoms with Crippen LogP contribution in [0.1, 0.15) is 384 Å². The molecule has 0 saturated carbocycles. The van der Waals surface area contributed by atoms with Crippen LogP contribution in [0.5, 0.6) is 0 Å². The van der Waals surface area contributed by atoms with Gasteiger partial charge in [0.1, 0.15) is 5.69 Å². The van der Waals surface area contributed by atoms with Gasteiger partial charge in [0, 0.05) is 6.20 Å². The number of esters is 3. The summed E-state index contributed by atoms with van der Waals surface area (Å²) in [5.41, 5.74) is -2.96. The average molecular weight is 1140 g/mol. The highest BCUT2D eigenvalue weighted by Gasteiger charge is 2.56. The number of carbonyl (C=O) groups is 4. The number of nitrogens with zero attached hydrogens (tertiary/aromatic N) is 1. The summed E-state index contributed by atoms with van der Waals surface area (Å²) in [6, 6.07) is 4.67. The maximum Gasteiger partial charge on any atom is 0.340 e. The number of carbonyl (C=O) groups excluding carboxylic acids is 4. The van der Waals surface area contributed by atoms with E-state index in [1.54, 1.807) is 12.1 Å². The number of aliphatic hydroxyl groups is 1. The van der Waals surface area contributed by atoms with Crippen LogP contribution in [0, 0.1) is 5.92 Å². The summed E-state index contributed by atoms with van der Waals surface area (Å²) in [5.74, 6) is -6.10.